The maximum atomic E-state index is 5.38. The Morgan fingerprint density at radius 2 is 1.71 bits per heavy atom. The monoisotopic (exact) mass is 220 g/mol. The van der Waals surface area contributed by atoms with Crippen molar-refractivity contribution in [2.45, 2.75) is 18.9 Å². The van der Waals surface area contributed by atoms with E-state index in [1.165, 1.54) is 0 Å². The summed E-state index contributed by atoms with van der Waals surface area (Å²) in [5.74, 6) is 0. The van der Waals surface area contributed by atoms with Gasteiger partial charge in [0.05, 0.1) is 13.2 Å². The average molecular weight is 220 g/mol. The van der Waals surface area contributed by atoms with Gasteiger partial charge in [-0.3, -0.25) is 0 Å². The third-order valence-corrected chi connectivity index (χ3v) is 2.33. The molecule has 1 rings (SSSR count). The lowest BCUT2D eigenvalue weighted by Gasteiger charge is -2.04. The van der Waals surface area contributed by atoms with Crippen LogP contribution in [0.25, 0.3) is 0 Å². The number of ether oxygens (including phenoxy) is 3. The minimum absolute atomic E-state index is 0.377. The van der Waals surface area contributed by atoms with E-state index in [2.05, 4.69) is 0 Å². The molecule has 0 aromatic rings. The van der Waals surface area contributed by atoms with Gasteiger partial charge in [0.1, 0.15) is 16.6 Å². The zero-order valence-corrected chi connectivity index (χ0v) is 10.9. The zero-order valence-electron chi connectivity index (χ0n) is 8.87. The van der Waals surface area contributed by atoms with Gasteiger partial charge in [-0.1, -0.05) is 0 Å². The van der Waals surface area contributed by atoms with E-state index in [1.807, 2.05) is 0 Å². The highest BCUT2D eigenvalue weighted by Crippen LogP contribution is 2.08. The van der Waals surface area contributed by atoms with Crippen LogP contribution in [0.3, 0.4) is 0 Å². The van der Waals surface area contributed by atoms with Gasteiger partial charge in [0.2, 0.25) is 0 Å². The lowest BCUT2D eigenvalue weighted by molar-refractivity contribution is 0.0717. The van der Waals surface area contributed by atoms with Crippen molar-refractivity contribution < 1.29 is 18.6 Å². The van der Waals surface area contributed by atoms with Crippen LogP contribution in [-0.2, 0) is 18.6 Å². The number of hydrogen-bond acceptors (Lipinski definition) is 4. The third kappa shape index (κ3) is 7.46. The van der Waals surface area contributed by atoms with E-state index in [4.69, 9.17) is 18.6 Å². The first kappa shape index (κ1) is 12.1. The van der Waals surface area contributed by atoms with Crippen molar-refractivity contribution in [1.29, 1.82) is 0 Å². The van der Waals surface area contributed by atoms with Gasteiger partial charge in [0, 0.05) is 26.4 Å². The van der Waals surface area contributed by atoms with Gasteiger partial charge in [0.25, 0.3) is 0 Å². The highest BCUT2D eigenvalue weighted by molar-refractivity contribution is 5.97. The van der Waals surface area contributed by atoms with Gasteiger partial charge in [-0.05, 0) is 12.8 Å². The van der Waals surface area contributed by atoms with Crippen LogP contribution in [0.4, 0.5) is 0 Å². The van der Waals surface area contributed by atoms with Crippen LogP contribution in [0.1, 0.15) is 12.8 Å². The maximum absolute atomic E-state index is 5.38. The molecule has 0 N–H and O–H groups in total. The molecule has 0 amide bonds. The highest BCUT2D eigenvalue weighted by Gasteiger charge is 2.21. The summed E-state index contributed by atoms with van der Waals surface area (Å²) in [5.41, 5.74) is 0. The Kier molecular flexibility index (Phi) is 7.25. The second-order valence-corrected chi connectivity index (χ2v) is 3.92. The first-order valence-electron chi connectivity index (χ1n) is 5.19. The van der Waals surface area contributed by atoms with Crippen molar-refractivity contribution in [3.8, 4) is 0 Å². The molecule has 1 aliphatic heterocycles. The van der Waals surface area contributed by atoms with Crippen LogP contribution >= 0.6 is 0 Å². The molecule has 4 nitrogen and oxygen atoms in total. The van der Waals surface area contributed by atoms with Crippen molar-refractivity contribution in [2.75, 3.05) is 39.6 Å². The van der Waals surface area contributed by atoms with Crippen molar-refractivity contribution >= 4 is 10.5 Å². The second kappa shape index (κ2) is 8.37. The largest absolute Gasteiger partial charge is 0.428 e. The Balaban J connectivity index is 1.63. The van der Waals surface area contributed by atoms with E-state index < -0.39 is 0 Å². The summed E-state index contributed by atoms with van der Waals surface area (Å²) in [5, 5.41) is 0. The summed E-state index contributed by atoms with van der Waals surface area (Å²) in [6.07, 6.45) is 2.34. The summed E-state index contributed by atoms with van der Waals surface area (Å²) in [6.45, 7) is 4.81. The van der Waals surface area contributed by atoms with E-state index in [0.29, 0.717) is 6.10 Å². The van der Waals surface area contributed by atoms with Crippen molar-refractivity contribution in [2.24, 2.45) is 0 Å². The van der Waals surface area contributed by atoms with E-state index in [-0.39, 0.29) is 0 Å². The molecular formula is C9H20O4Si. The Morgan fingerprint density at radius 3 is 2.36 bits per heavy atom. The van der Waals surface area contributed by atoms with Crippen LogP contribution in [-0.4, -0.2) is 56.2 Å². The van der Waals surface area contributed by atoms with E-state index >= 15 is 0 Å². The molecule has 1 atom stereocenters. The minimum atomic E-state index is 0.377. The van der Waals surface area contributed by atoms with Gasteiger partial charge in [-0.25, -0.2) is 0 Å². The minimum Gasteiger partial charge on any atom is -0.428 e. The molecule has 5 heteroatoms. The summed E-state index contributed by atoms with van der Waals surface area (Å²) in [7, 11) is 0.826. The zero-order chi connectivity index (χ0) is 10.1. The van der Waals surface area contributed by atoms with Crippen molar-refractivity contribution in [3.05, 3.63) is 0 Å². The van der Waals surface area contributed by atoms with Crippen LogP contribution < -0.4 is 0 Å². The van der Waals surface area contributed by atoms with Gasteiger partial charge in [-0.2, -0.15) is 0 Å². The number of rotatable bonds is 10. The van der Waals surface area contributed by atoms with Gasteiger partial charge >= 0.3 is 0 Å². The summed E-state index contributed by atoms with van der Waals surface area (Å²) >= 11 is 0. The summed E-state index contributed by atoms with van der Waals surface area (Å²) in [6, 6.07) is 0. The molecule has 0 aromatic heterocycles. The number of epoxide rings is 1. The van der Waals surface area contributed by atoms with Crippen LogP contribution in [0.5, 0.6) is 0 Å². The fraction of sp³-hybridized carbons (Fsp3) is 1.00. The summed E-state index contributed by atoms with van der Waals surface area (Å²) < 4.78 is 20.8. The molecule has 84 valence electrons. The molecule has 14 heavy (non-hydrogen) atoms. The van der Waals surface area contributed by atoms with Gasteiger partial charge < -0.3 is 18.6 Å². The lowest BCUT2D eigenvalue weighted by atomic mass is 10.4. The average Bonchev–Trinajstić information content (AvgIpc) is 2.99. The predicted molar refractivity (Wildman–Crippen MR) is 56.5 cm³/mol. The summed E-state index contributed by atoms with van der Waals surface area (Å²) in [4.78, 5) is 0. The second-order valence-electron chi connectivity index (χ2n) is 3.34. The number of hydrogen-bond donors (Lipinski definition) is 0. The van der Waals surface area contributed by atoms with E-state index in [1.54, 1.807) is 0 Å². The van der Waals surface area contributed by atoms with Crippen LogP contribution in [0.2, 0.25) is 0 Å². The normalized spacial score (nSPS) is 20.1. The molecule has 0 saturated carbocycles. The van der Waals surface area contributed by atoms with Crippen molar-refractivity contribution in [1.82, 2.24) is 0 Å². The topological polar surface area (TPSA) is 40.2 Å². The third-order valence-electron chi connectivity index (χ3n) is 1.92. The Bertz CT molecular complexity index is 130. The molecule has 1 unspecified atom stereocenters. The molecule has 0 spiro atoms. The SMILES string of the molecule is [SiH3]OCCCOCCCOCC1CO1. The molecule has 0 aliphatic carbocycles. The fourth-order valence-corrected chi connectivity index (χ4v) is 1.34. The fourth-order valence-electron chi connectivity index (χ4n) is 1.05. The lowest BCUT2D eigenvalue weighted by Crippen LogP contribution is -2.06. The van der Waals surface area contributed by atoms with E-state index in [9.17, 15) is 0 Å². The molecule has 0 bridgehead atoms. The van der Waals surface area contributed by atoms with Gasteiger partial charge in [0.15, 0.2) is 0 Å². The Labute approximate surface area is 88.4 Å². The Morgan fingerprint density at radius 1 is 1.07 bits per heavy atom. The van der Waals surface area contributed by atoms with Gasteiger partial charge in [-0.15, -0.1) is 0 Å². The van der Waals surface area contributed by atoms with Crippen molar-refractivity contribution in [3.63, 3.8) is 0 Å². The van der Waals surface area contributed by atoms with E-state index in [0.717, 1.165) is 63.0 Å². The molecule has 0 aromatic carbocycles. The Hall–Kier alpha value is 0.0569. The smallest absolute Gasteiger partial charge is 0.145 e. The molecule has 1 heterocycles. The first-order chi connectivity index (χ1) is 6.93. The highest BCUT2D eigenvalue weighted by atomic mass is 28.2. The predicted octanol–water partition coefficient (Wildman–Crippen LogP) is -0.504. The van der Waals surface area contributed by atoms with Crippen LogP contribution in [0.15, 0.2) is 0 Å². The molecular weight excluding hydrogens is 200 g/mol. The molecule has 1 fully saturated rings. The first-order valence-corrected chi connectivity index (χ1v) is 6.01. The standard InChI is InChI=1S/C9H20O4Si/c14-13-6-2-4-10-3-1-5-11-7-9-8-12-9/h9H,1-8H2,14H3. The quantitative estimate of drug-likeness (QED) is 0.283. The molecule has 0 radical (unpaired) electrons. The van der Waals surface area contributed by atoms with Crippen LogP contribution in [0, 0.1) is 0 Å². The maximum Gasteiger partial charge on any atom is 0.145 e. The molecule has 1 aliphatic rings. The molecule has 1 saturated heterocycles.